The van der Waals surface area contributed by atoms with Gasteiger partial charge in [0.25, 0.3) is 5.91 Å². The van der Waals surface area contributed by atoms with E-state index in [2.05, 4.69) is 10.6 Å². The minimum Gasteiger partial charge on any atom is -0.343 e. The second-order valence-corrected chi connectivity index (χ2v) is 9.88. The third-order valence-electron chi connectivity index (χ3n) is 6.45. The fourth-order valence-electron chi connectivity index (χ4n) is 4.57. The van der Waals surface area contributed by atoms with Gasteiger partial charge in [-0.15, -0.1) is 11.3 Å². The van der Waals surface area contributed by atoms with Crippen LogP contribution in [-0.4, -0.2) is 29.3 Å². The van der Waals surface area contributed by atoms with Crippen LogP contribution in [0.2, 0.25) is 0 Å². The maximum atomic E-state index is 13.5. The maximum Gasteiger partial charge on any atom is 0.325 e. The van der Waals surface area contributed by atoms with Crippen LogP contribution in [0.4, 0.5) is 4.79 Å². The predicted molar refractivity (Wildman–Crippen MR) is 137 cm³/mol. The quantitative estimate of drug-likeness (QED) is 0.384. The Labute approximate surface area is 207 Å². The van der Waals surface area contributed by atoms with Crippen molar-refractivity contribution in [1.82, 2.24) is 15.5 Å². The van der Waals surface area contributed by atoms with Crippen LogP contribution in [0, 0.1) is 6.92 Å². The van der Waals surface area contributed by atoms with Crippen LogP contribution in [0.15, 0.2) is 84.2 Å². The first-order valence-electron chi connectivity index (χ1n) is 11.4. The van der Waals surface area contributed by atoms with Crippen LogP contribution in [0.3, 0.4) is 0 Å². The highest BCUT2D eigenvalue weighted by Crippen LogP contribution is 2.34. The molecule has 2 N–H and O–H groups in total. The lowest BCUT2D eigenvalue weighted by atomic mass is 9.88. The molecule has 4 aromatic rings. The molecule has 0 saturated carbocycles. The zero-order valence-electron chi connectivity index (χ0n) is 19.4. The van der Waals surface area contributed by atoms with Crippen LogP contribution < -0.4 is 10.6 Å². The number of nitrogens with zero attached hydrogens (tertiary/aromatic N) is 1. The van der Waals surface area contributed by atoms with Crippen LogP contribution in [0.25, 0.3) is 10.8 Å². The Balaban J connectivity index is 1.39. The first-order chi connectivity index (χ1) is 16.9. The molecule has 1 aromatic heterocycles. The lowest BCUT2D eigenvalue weighted by Crippen LogP contribution is -2.44. The van der Waals surface area contributed by atoms with Gasteiger partial charge in [-0.3, -0.25) is 14.5 Å². The number of benzene rings is 3. The van der Waals surface area contributed by atoms with Crippen molar-refractivity contribution >= 4 is 40.0 Å². The van der Waals surface area contributed by atoms with Crippen LogP contribution in [-0.2, 0) is 15.1 Å². The molecule has 0 bridgehead atoms. The van der Waals surface area contributed by atoms with E-state index in [4.69, 9.17) is 0 Å². The first kappa shape index (κ1) is 22.8. The molecule has 1 aliphatic rings. The summed E-state index contributed by atoms with van der Waals surface area (Å²) in [5, 5.41) is 9.65. The van der Waals surface area contributed by atoms with Gasteiger partial charge < -0.3 is 10.6 Å². The molecule has 1 aliphatic heterocycles. The highest BCUT2D eigenvalue weighted by Gasteiger charge is 2.50. The van der Waals surface area contributed by atoms with E-state index >= 15 is 0 Å². The Bertz CT molecular complexity index is 1410. The number of amides is 4. The molecule has 6 nitrogen and oxygen atoms in total. The second kappa shape index (κ2) is 9.00. The van der Waals surface area contributed by atoms with Crippen molar-refractivity contribution < 1.29 is 14.4 Å². The summed E-state index contributed by atoms with van der Waals surface area (Å²) in [6.45, 7) is 3.33. The van der Waals surface area contributed by atoms with Gasteiger partial charge in [-0.05, 0) is 47.2 Å². The molecule has 5 rings (SSSR count). The summed E-state index contributed by atoms with van der Waals surface area (Å²) in [4.78, 5) is 41.5. The number of carbonyl (C=O) groups is 3. The summed E-state index contributed by atoms with van der Waals surface area (Å²) in [7, 11) is 0. The van der Waals surface area contributed by atoms with Gasteiger partial charge in [-0.2, -0.15) is 0 Å². The minimum atomic E-state index is -1.26. The Morgan fingerprint density at radius 2 is 1.74 bits per heavy atom. The van der Waals surface area contributed by atoms with Crippen molar-refractivity contribution in [2.75, 3.05) is 6.54 Å². The number of carbonyl (C=O) groups excluding carboxylic acids is 3. The van der Waals surface area contributed by atoms with Crippen LogP contribution in [0.1, 0.15) is 34.5 Å². The Morgan fingerprint density at radius 1 is 1.00 bits per heavy atom. The lowest BCUT2D eigenvalue weighted by molar-refractivity contribution is -0.134. The fourth-order valence-corrected chi connectivity index (χ4v) is 5.37. The molecule has 4 amide bonds. The van der Waals surface area contributed by atoms with Gasteiger partial charge in [-0.25, -0.2) is 4.79 Å². The molecule has 176 valence electrons. The third-order valence-corrected chi connectivity index (χ3v) is 7.39. The van der Waals surface area contributed by atoms with E-state index in [0.717, 1.165) is 31.7 Å². The summed E-state index contributed by atoms with van der Waals surface area (Å²) >= 11 is 1.54. The number of imide groups is 1. The summed E-state index contributed by atoms with van der Waals surface area (Å²) < 4.78 is 0. The van der Waals surface area contributed by atoms with E-state index in [0.29, 0.717) is 5.56 Å². The summed E-state index contributed by atoms with van der Waals surface area (Å²) in [6, 6.07) is 24.3. The predicted octanol–water partition coefficient (Wildman–Crippen LogP) is 4.88. The molecule has 0 aliphatic carbocycles. The van der Waals surface area contributed by atoms with Crippen molar-refractivity contribution in [1.29, 1.82) is 0 Å². The number of hydrogen-bond donors (Lipinski definition) is 2. The lowest BCUT2D eigenvalue weighted by Gasteiger charge is -2.24. The average Bonchev–Trinajstić information content (AvgIpc) is 3.46. The topological polar surface area (TPSA) is 78.5 Å². The van der Waals surface area contributed by atoms with E-state index in [-0.39, 0.29) is 12.6 Å². The zero-order chi connectivity index (χ0) is 24.6. The summed E-state index contributed by atoms with van der Waals surface area (Å²) in [6.07, 6.45) is 0. The van der Waals surface area contributed by atoms with Crippen molar-refractivity contribution in [3.8, 4) is 0 Å². The smallest absolute Gasteiger partial charge is 0.325 e. The zero-order valence-corrected chi connectivity index (χ0v) is 20.3. The normalized spacial score (nSPS) is 18.5. The number of fused-ring (bicyclic) bond motifs is 1. The van der Waals surface area contributed by atoms with Gasteiger partial charge in [0.05, 0.1) is 6.04 Å². The fraction of sp³-hybridized carbons (Fsp3) is 0.179. The van der Waals surface area contributed by atoms with Gasteiger partial charge in [0.1, 0.15) is 12.1 Å². The first-order valence-corrected chi connectivity index (χ1v) is 12.3. The van der Waals surface area contributed by atoms with Gasteiger partial charge >= 0.3 is 6.03 Å². The number of rotatable bonds is 6. The molecule has 35 heavy (non-hydrogen) atoms. The number of thiophene rings is 1. The Kier molecular flexibility index (Phi) is 5.86. The van der Waals surface area contributed by atoms with Gasteiger partial charge in [0, 0.05) is 4.88 Å². The highest BCUT2D eigenvalue weighted by molar-refractivity contribution is 7.10. The van der Waals surface area contributed by atoms with Crippen molar-refractivity contribution in [3.63, 3.8) is 0 Å². The van der Waals surface area contributed by atoms with Crippen molar-refractivity contribution in [2.24, 2.45) is 0 Å². The molecule has 1 fully saturated rings. The molecule has 2 atom stereocenters. The molecule has 0 radical (unpaired) electrons. The van der Waals surface area contributed by atoms with E-state index in [9.17, 15) is 14.4 Å². The monoisotopic (exact) mass is 483 g/mol. The van der Waals surface area contributed by atoms with E-state index in [1.54, 1.807) is 6.92 Å². The molecular formula is C28H25N3O3S. The molecule has 3 aromatic carbocycles. The van der Waals surface area contributed by atoms with Crippen LogP contribution >= 0.6 is 11.3 Å². The average molecular weight is 484 g/mol. The summed E-state index contributed by atoms with van der Waals surface area (Å²) in [5.74, 6) is -0.855. The Morgan fingerprint density at radius 3 is 2.49 bits per heavy atom. The van der Waals surface area contributed by atoms with Crippen LogP contribution in [0.5, 0.6) is 0 Å². The SMILES string of the molecule is Cc1ccc(C(NC(=O)CN2C(=O)NC(C)(c3cccc4ccccc34)C2=O)c2cccs2)cc1. The van der Waals surface area contributed by atoms with Crippen molar-refractivity contribution in [2.45, 2.75) is 25.4 Å². The molecule has 2 heterocycles. The standard InChI is InChI=1S/C28H25N3O3S/c1-18-12-14-20(15-13-18)25(23-11-6-16-35-23)29-24(32)17-31-26(33)28(2,30-27(31)34)22-10-5-8-19-7-3-4-9-21(19)22/h3-16,25H,17H2,1-2H3,(H,29,32)(H,30,34). The largest absolute Gasteiger partial charge is 0.343 e. The third kappa shape index (κ3) is 4.19. The van der Waals surface area contributed by atoms with Crippen molar-refractivity contribution in [3.05, 3.63) is 106 Å². The van der Waals surface area contributed by atoms with Gasteiger partial charge in [-0.1, -0.05) is 78.4 Å². The molecule has 2 unspecified atom stereocenters. The van der Waals surface area contributed by atoms with Gasteiger partial charge in [0.15, 0.2) is 0 Å². The highest BCUT2D eigenvalue weighted by atomic mass is 32.1. The number of hydrogen-bond acceptors (Lipinski definition) is 4. The molecular weight excluding hydrogens is 458 g/mol. The number of aryl methyl sites for hydroxylation is 1. The number of urea groups is 1. The van der Waals surface area contributed by atoms with Gasteiger partial charge in [0.2, 0.25) is 5.91 Å². The Hall–Kier alpha value is -3.97. The molecule has 7 heteroatoms. The molecule has 0 spiro atoms. The second-order valence-electron chi connectivity index (χ2n) is 8.90. The maximum absolute atomic E-state index is 13.5. The van der Waals surface area contributed by atoms with E-state index < -0.39 is 23.4 Å². The molecule has 1 saturated heterocycles. The van der Waals surface area contributed by atoms with E-state index in [1.165, 1.54) is 11.3 Å². The van der Waals surface area contributed by atoms with E-state index in [1.807, 2.05) is 91.2 Å². The summed E-state index contributed by atoms with van der Waals surface area (Å²) in [5.41, 5.74) is 1.50. The minimum absolute atomic E-state index is 0.362. The number of nitrogens with one attached hydrogen (secondary N) is 2.